The molecule has 214 valence electrons. The number of ketones is 1. The van der Waals surface area contributed by atoms with E-state index in [0.29, 0.717) is 13.0 Å². The molecule has 0 saturated carbocycles. The second-order valence-electron chi connectivity index (χ2n) is 9.77. The number of carbonyl (C=O) groups is 3. The molecule has 2 rings (SSSR count). The van der Waals surface area contributed by atoms with E-state index in [0.717, 1.165) is 49.3 Å². The molecule has 0 bridgehead atoms. The van der Waals surface area contributed by atoms with Gasteiger partial charge in [-0.1, -0.05) is 44.5 Å². The van der Waals surface area contributed by atoms with Crippen LogP contribution in [0.15, 0.2) is 42.5 Å². The lowest BCUT2D eigenvalue weighted by Crippen LogP contribution is -2.66. The molecule has 8 nitrogen and oxygen atoms in total. The van der Waals surface area contributed by atoms with Crippen LogP contribution in [0, 0.1) is 17.6 Å². The molecule has 0 fully saturated rings. The number of hydrogen-bond acceptors (Lipinski definition) is 6. The van der Waals surface area contributed by atoms with Crippen molar-refractivity contribution in [3.8, 4) is 0 Å². The van der Waals surface area contributed by atoms with Gasteiger partial charge in [0.15, 0.2) is 5.54 Å². The first-order valence-corrected chi connectivity index (χ1v) is 13.1. The third-order valence-corrected chi connectivity index (χ3v) is 6.81. The molecular formula is C29H39F2N3O5. The molecule has 2 aromatic carbocycles. The quantitative estimate of drug-likeness (QED) is 0.249. The van der Waals surface area contributed by atoms with Crippen molar-refractivity contribution in [1.82, 2.24) is 10.6 Å². The number of aryl methyl sites for hydroxylation is 1. The SMILES string of the molecule is CCCCC(=O)C[C@@](NC(=O)OC)(C(=O)O)[C@H](CNCc1cccc(CC)c1)C(N)Cc1cc(F)cc(F)c1. The summed E-state index contributed by atoms with van der Waals surface area (Å²) in [7, 11) is 1.09. The highest BCUT2D eigenvalue weighted by molar-refractivity contribution is 5.92. The van der Waals surface area contributed by atoms with Crippen molar-refractivity contribution in [2.45, 2.75) is 70.5 Å². The zero-order valence-corrected chi connectivity index (χ0v) is 22.8. The fraction of sp³-hybridized carbons (Fsp3) is 0.483. The molecule has 1 amide bonds. The number of hydrogen-bond donors (Lipinski definition) is 4. The molecule has 0 saturated heterocycles. The van der Waals surface area contributed by atoms with E-state index in [1.54, 1.807) is 0 Å². The minimum absolute atomic E-state index is 0.0212. The van der Waals surface area contributed by atoms with Crippen LogP contribution in [0.3, 0.4) is 0 Å². The minimum Gasteiger partial charge on any atom is -0.479 e. The number of carboxylic acid groups (broad SMARTS) is 1. The van der Waals surface area contributed by atoms with Crippen LogP contribution in [0.4, 0.5) is 13.6 Å². The predicted octanol–water partition coefficient (Wildman–Crippen LogP) is 4.13. The number of methoxy groups -OCH3 is 1. The third kappa shape index (κ3) is 9.40. The highest BCUT2D eigenvalue weighted by Crippen LogP contribution is 2.29. The van der Waals surface area contributed by atoms with Gasteiger partial charge in [0.05, 0.1) is 7.11 Å². The lowest BCUT2D eigenvalue weighted by atomic mass is 9.73. The Hall–Kier alpha value is -3.37. The number of nitrogens with two attached hydrogens (primary N) is 1. The van der Waals surface area contributed by atoms with Gasteiger partial charge in [-0.25, -0.2) is 18.4 Å². The summed E-state index contributed by atoms with van der Waals surface area (Å²) in [6, 6.07) is 9.80. The Bertz CT molecular complexity index is 1110. The highest BCUT2D eigenvalue weighted by atomic mass is 19.1. The van der Waals surface area contributed by atoms with E-state index in [1.165, 1.54) is 0 Å². The summed E-state index contributed by atoms with van der Waals surface area (Å²) in [4.78, 5) is 38.2. The van der Waals surface area contributed by atoms with Gasteiger partial charge in [0.2, 0.25) is 0 Å². The predicted molar refractivity (Wildman–Crippen MR) is 144 cm³/mol. The van der Waals surface area contributed by atoms with Gasteiger partial charge in [0.1, 0.15) is 17.4 Å². The molecule has 1 unspecified atom stereocenters. The average molecular weight is 548 g/mol. The van der Waals surface area contributed by atoms with Gasteiger partial charge in [-0.05, 0) is 48.1 Å². The summed E-state index contributed by atoms with van der Waals surface area (Å²) in [5.41, 5.74) is 6.70. The Morgan fingerprint density at radius 3 is 2.31 bits per heavy atom. The number of unbranched alkanes of at least 4 members (excludes halogenated alkanes) is 1. The Kier molecular flexibility index (Phi) is 12.5. The molecule has 0 aliphatic rings. The van der Waals surface area contributed by atoms with Crippen LogP contribution in [0.1, 0.15) is 56.2 Å². The lowest BCUT2D eigenvalue weighted by Gasteiger charge is -2.40. The number of ether oxygens (including phenoxy) is 1. The van der Waals surface area contributed by atoms with E-state index >= 15 is 0 Å². The van der Waals surface area contributed by atoms with Crippen molar-refractivity contribution in [2.24, 2.45) is 11.7 Å². The topological polar surface area (TPSA) is 131 Å². The van der Waals surface area contributed by atoms with Crippen LogP contribution in [-0.4, -0.2) is 48.2 Å². The summed E-state index contributed by atoms with van der Waals surface area (Å²) >= 11 is 0. The number of nitrogens with one attached hydrogen (secondary N) is 2. The van der Waals surface area contributed by atoms with E-state index in [9.17, 15) is 28.3 Å². The molecule has 2 aromatic rings. The number of carbonyl (C=O) groups excluding carboxylic acids is 2. The molecule has 0 heterocycles. The lowest BCUT2D eigenvalue weighted by molar-refractivity contribution is -0.150. The largest absolute Gasteiger partial charge is 0.479 e. The normalized spacial score (nSPS) is 14.2. The maximum atomic E-state index is 13.9. The van der Waals surface area contributed by atoms with Crippen molar-refractivity contribution in [3.05, 3.63) is 70.8 Å². The highest BCUT2D eigenvalue weighted by Gasteiger charge is 2.51. The van der Waals surface area contributed by atoms with Gasteiger partial charge >= 0.3 is 12.1 Å². The number of halogens is 2. The molecule has 3 atom stereocenters. The maximum absolute atomic E-state index is 13.9. The van der Waals surface area contributed by atoms with Crippen LogP contribution in [-0.2, 0) is 33.7 Å². The number of aliphatic carboxylic acids is 1. The van der Waals surface area contributed by atoms with E-state index in [1.807, 2.05) is 38.1 Å². The van der Waals surface area contributed by atoms with Gasteiger partial charge in [0.25, 0.3) is 0 Å². The molecule has 0 aromatic heterocycles. The number of alkyl carbamates (subject to hydrolysis) is 1. The molecule has 5 N–H and O–H groups in total. The first kappa shape index (κ1) is 31.8. The summed E-state index contributed by atoms with van der Waals surface area (Å²) < 4.78 is 32.5. The molecule has 10 heteroatoms. The Balaban J connectivity index is 2.48. The average Bonchev–Trinajstić information content (AvgIpc) is 2.88. The van der Waals surface area contributed by atoms with E-state index in [2.05, 4.69) is 10.6 Å². The first-order valence-electron chi connectivity index (χ1n) is 13.1. The van der Waals surface area contributed by atoms with Crippen molar-refractivity contribution in [1.29, 1.82) is 0 Å². The molecule has 0 spiro atoms. The van der Waals surface area contributed by atoms with Gasteiger partial charge < -0.3 is 26.2 Å². The van der Waals surface area contributed by atoms with Gasteiger partial charge in [-0.2, -0.15) is 0 Å². The minimum atomic E-state index is -2.14. The fourth-order valence-electron chi connectivity index (χ4n) is 4.73. The summed E-state index contributed by atoms with van der Waals surface area (Å²) in [5.74, 6) is -4.48. The number of rotatable bonds is 16. The third-order valence-electron chi connectivity index (χ3n) is 6.81. The van der Waals surface area contributed by atoms with Crippen molar-refractivity contribution in [3.63, 3.8) is 0 Å². The Morgan fingerprint density at radius 1 is 1.05 bits per heavy atom. The van der Waals surface area contributed by atoms with Crippen molar-refractivity contribution in [2.75, 3.05) is 13.7 Å². The zero-order valence-electron chi connectivity index (χ0n) is 22.8. The van der Waals surface area contributed by atoms with Crippen molar-refractivity contribution < 1.29 is 33.0 Å². The summed E-state index contributed by atoms with van der Waals surface area (Å²) in [6.45, 7) is 4.28. The number of Topliss-reactive ketones (excluding diaryl/α,β-unsaturated/α-hetero) is 1. The van der Waals surface area contributed by atoms with E-state index < -0.39 is 47.6 Å². The molecular weight excluding hydrogens is 508 g/mol. The Morgan fingerprint density at radius 2 is 1.72 bits per heavy atom. The zero-order chi connectivity index (χ0) is 29.0. The maximum Gasteiger partial charge on any atom is 0.407 e. The second-order valence-corrected chi connectivity index (χ2v) is 9.77. The van der Waals surface area contributed by atoms with Crippen LogP contribution in [0.2, 0.25) is 0 Å². The van der Waals surface area contributed by atoms with E-state index in [4.69, 9.17) is 10.5 Å². The smallest absolute Gasteiger partial charge is 0.407 e. The number of carboxylic acids is 1. The van der Waals surface area contributed by atoms with E-state index in [-0.39, 0.29) is 30.7 Å². The van der Waals surface area contributed by atoms with Crippen LogP contribution in [0.25, 0.3) is 0 Å². The van der Waals surface area contributed by atoms with Crippen LogP contribution < -0.4 is 16.4 Å². The van der Waals surface area contributed by atoms with Crippen LogP contribution in [0.5, 0.6) is 0 Å². The van der Waals surface area contributed by atoms with Crippen LogP contribution >= 0.6 is 0 Å². The van der Waals surface area contributed by atoms with Gasteiger partial charge in [0, 0.05) is 44.0 Å². The van der Waals surface area contributed by atoms with Gasteiger partial charge in [-0.3, -0.25) is 4.79 Å². The standard InChI is InChI=1S/C29H39F2N3O5/c1-4-6-10-24(35)16-29(27(36)37,34-28(38)39-3)25(18-33-17-20-9-7-8-19(5-2)11-20)26(32)14-21-12-22(30)15-23(31)13-21/h7-9,11-13,15,25-26,33H,4-6,10,14,16-18,32H2,1-3H3,(H,34,38)(H,36,37)/t25-,26?,29+/m1/s1. The van der Waals surface area contributed by atoms with Gasteiger partial charge in [-0.15, -0.1) is 0 Å². The van der Waals surface area contributed by atoms with Crippen molar-refractivity contribution >= 4 is 17.8 Å². The monoisotopic (exact) mass is 547 g/mol. The molecule has 39 heavy (non-hydrogen) atoms. The first-order chi connectivity index (χ1) is 18.5. The molecule has 0 aliphatic heterocycles. The Labute approximate surface area is 228 Å². The molecule has 0 aliphatic carbocycles. The fourth-order valence-corrected chi connectivity index (χ4v) is 4.73. The number of amides is 1. The number of benzene rings is 2. The summed E-state index contributed by atoms with van der Waals surface area (Å²) in [6.07, 6.45) is 0.582. The summed E-state index contributed by atoms with van der Waals surface area (Å²) in [5, 5.41) is 16.1. The second kappa shape index (κ2) is 15.3. The molecule has 0 radical (unpaired) electrons.